The third-order valence-electron chi connectivity index (χ3n) is 4.89. The summed E-state index contributed by atoms with van der Waals surface area (Å²) < 4.78 is 0. The van der Waals surface area contributed by atoms with E-state index in [4.69, 9.17) is 0 Å². The minimum atomic E-state index is 0.00499. The summed E-state index contributed by atoms with van der Waals surface area (Å²) in [6.07, 6.45) is 9.68. The SMILES string of the molecule is C[Si](C)CC12CC3CC(CC(C3)C1)C2. The fourth-order valence-corrected chi connectivity index (χ4v) is 7.19. The number of hydrogen-bond donors (Lipinski definition) is 0. The van der Waals surface area contributed by atoms with Crippen molar-refractivity contribution in [1.29, 1.82) is 0 Å². The van der Waals surface area contributed by atoms with Gasteiger partial charge in [0.1, 0.15) is 0 Å². The maximum Gasteiger partial charge on any atom is 0.0418 e. The predicted molar refractivity (Wildman–Crippen MR) is 62.9 cm³/mol. The van der Waals surface area contributed by atoms with Gasteiger partial charge in [-0.1, -0.05) is 19.1 Å². The van der Waals surface area contributed by atoms with Crippen molar-refractivity contribution in [3.63, 3.8) is 0 Å². The van der Waals surface area contributed by atoms with Crippen LogP contribution in [-0.2, 0) is 0 Å². The van der Waals surface area contributed by atoms with Gasteiger partial charge in [-0.2, -0.15) is 0 Å². The average Bonchev–Trinajstić information content (AvgIpc) is 1.96. The van der Waals surface area contributed by atoms with Gasteiger partial charge in [-0.3, -0.25) is 0 Å². The first kappa shape index (κ1) is 9.44. The molecule has 0 nitrogen and oxygen atoms in total. The molecular weight excluding hydrogens is 184 g/mol. The highest BCUT2D eigenvalue weighted by Crippen LogP contribution is 2.61. The van der Waals surface area contributed by atoms with E-state index >= 15 is 0 Å². The lowest BCUT2D eigenvalue weighted by molar-refractivity contribution is -0.0413. The summed E-state index contributed by atoms with van der Waals surface area (Å²) in [7, 11) is 0.00499. The molecule has 0 aromatic carbocycles. The lowest BCUT2D eigenvalue weighted by atomic mass is 9.50. The van der Waals surface area contributed by atoms with Crippen LogP contribution in [0.4, 0.5) is 0 Å². The Bertz CT molecular complexity index is 190. The fraction of sp³-hybridized carbons (Fsp3) is 1.00. The molecule has 0 amide bonds. The number of rotatable bonds is 2. The van der Waals surface area contributed by atoms with Gasteiger partial charge in [-0.15, -0.1) is 0 Å². The lowest BCUT2D eigenvalue weighted by Gasteiger charge is -2.57. The Labute approximate surface area is 90.1 Å². The summed E-state index contributed by atoms with van der Waals surface area (Å²) in [6.45, 7) is 5.03. The van der Waals surface area contributed by atoms with E-state index in [2.05, 4.69) is 13.1 Å². The maximum atomic E-state index is 2.52. The molecule has 0 atom stereocenters. The fourth-order valence-electron chi connectivity index (χ4n) is 5.26. The van der Waals surface area contributed by atoms with Crippen molar-refractivity contribution < 1.29 is 0 Å². The predicted octanol–water partition coefficient (Wildman–Crippen LogP) is 3.96. The van der Waals surface area contributed by atoms with E-state index in [1.54, 1.807) is 44.6 Å². The monoisotopic (exact) mass is 207 g/mol. The highest BCUT2D eigenvalue weighted by atomic mass is 28.3. The summed E-state index contributed by atoms with van der Waals surface area (Å²) in [5.74, 6) is 3.47. The Hall–Kier alpha value is 0.217. The summed E-state index contributed by atoms with van der Waals surface area (Å²) in [6, 6.07) is 1.63. The van der Waals surface area contributed by atoms with Crippen LogP contribution in [0.5, 0.6) is 0 Å². The largest absolute Gasteiger partial charge is 0.0713 e. The highest BCUT2D eigenvalue weighted by Gasteiger charge is 2.50. The molecule has 4 saturated carbocycles. The van der Waals surface area contributed by atoms with Crippen molar-refractivity contribution in [2.24, 2.45) is 23.2 Å². The van der Waals surface area contributed by atoms with E-state index in [0.29, 0.717) is 0 Å². The van der Waals surface area contributed by atoms with Crippen molar-refractivity contribution in [2.75, 3.05) is 0 Å². The molecule has 1 heteroatoms. The van der Waals surface area contributed by atoms with Crippen LogP contribution >= 0.6 is 0 Å². The van der Waals surface area contributed by atoms with Crippen LogP contribution in [0.3, 0.4) is 0 Å². The van der Waals surface area contributed by atoms with Crippen LogP contribution in [0, 0.1) is 23.2 Å². The molecule has 4 aliphatic rings. The van der Waals surface area contributed by atoms with E-state index in [-0.39, 0.29) is 8.80 Å². The Kier molecular flexibility index (Phi) is 2.09. The van der Waals surface area contributed by atoms with E-state index in [1.807, 2.05) is 0 Å². The van der Waals surface area contributed by atoms with Crippen LogP contribution in [0.2, 0.25) is 19.1 Å². The highest BCUT2D eigenvalue weighted by molar-refractivity contribution is 6.55. The van der Waals surface area contributed by atoms with Crippen molar-refractivity contribution in [3.05, 3.63) is 0 Å². The van der Waals surface area contributed by atoms with Gasteiger partial charge in [0.15, 0.2) is 0 Å². The molecule has 4 bridgehead atoms. The molecule has 0 spiro atoms. The molecule has 0 unspecified atom stereocenters. The zero-order valence-corrected chi connectivity index (χ0v) is 10.7. The summed E-state index contributed by atoms with van der Waals surface area (Å²) in [5, 5.41) is 0. The topological polar surface area (TPSA) is 0 Å². The smallest absolute Gasteiger partial charge is 0.0418 e. The second-order valence-electron chi connectivity index (χ2n) is 6.80. The first-order valence-electron chi connectivity index (χ1n) is 6.44. The van der Waals surface area contributed by atoms with E-state index in [1.165, 1.54) is 0 Å². The minimum absolute atomic E-state index is 0.00499. The van der Waals surface area contributed by atoms with Gasteiger partial charge in [-0.05, 0) is 61.7 Å². The van der Waals surface area contributed by atoms with Gasteiger partial charge < -0.3 is 0 Å². The second-order valence-corrected chi connectivity index (χ2v) is 9.57. The Morgan fingerprint density at radius 3 is 1.71 bits per heavy atom. The molecule has 14 heavy (non-hydrogen) atoms. The first-order valence-corrected chi connectivity index (χ1v) is 9.15. The van der Waals surface area contributed by atoms with Gasteiger partial charge in [0.25, 0.3) is 0 Å². The van der Waals surface area contributed by atoms with Crippen molar-refractivity contribution in [2.45, 2.75) is 57.7 Å². The summed E-state index contributed by atoms with van der Waals surface area (Å²) >= 11 is 0. The second kappa shape index (κ2) is 3.10. The van der Waals surface area contributed by atoms with Crippen molar-refractivity contribution >= 4 is 8.80 Å². The molecule has 0 saturated heterocycles. The van der Waals surface area contributed by atoms with Crippen molar-refractivity contribution in [3.8, 4) is 0 Å². The molecule has 4 rings (SSSR count). The van der Waals surface area contributed by atoms with Crippen molar-refractivity contribution in [1.82, 2.24) is 0 Å². The van der Waals surface area contributed by atoms with E-state index in [9.17, 15) is 0 Å². The minimum Gasteiger partial charge on any atom is -0.0713 e. The van der Waals surface area contributed by atoms with Crippen LogP contribution in [0.25, 0.3) is 0 Å². The molecule has 4 aliphatic carbocycles. The van der Waals surface area contributed by atoms with Crippen LogP contribution in [0.15, 0.2) is 0 Å². The summed E-state index contributed by atoms with van der Waals surface area (Å²) in [4.78, 5) is 0. The third kappa shape index (κ3) is 1.48. The van der Waals surface area contributed by atoms with Crippen LogP contribution in [-0.4, -0.2) is 8.80 Å². The van der Waals surface area contributed by atoms with E-state index < -0.39 is 0 Å². The van der Waals surface area contributed by atoms with Crippen LogP contribution < -0.4 is 0 Å². The molecule has 0 aromatic rings. The standard InChI is InChI=1S/C13H23Si/c1-14(2)9-13-6-10-3-11(7-13)5-12(4-10)8-13/h10-12H,3-9H2,1-2H3. The molecule has 4 fully saturated rings. The quantitative estimate of drug-likeness (QED) is 0.601. The molecule has 0 heterocycles. The Morgan fingerprint density at radius 2 is 1.36 bits per heavy atom. The zero-order chi connectivity index (χ0) is 9.76. The number of hydrogen-bond acceptors (Lipinski definition) is 0. The molecule has 0 aliphatic heterocycles. The normalized spacial score (nSPS) is 50.4. The molecule has 0 N–H and O–H groups in total. The van der Waals surface area contributed by atoms with Gasteiger partial charge in [0.05, 0.1) is 0 Å². The van der Waals surface area contributed by atoms with Gasteiger partial charge >= 0.3 is 0 Å². The first-order chi connectivity index (χ1) is 6.65. The van der Waals surface area contributed by atoms with Gasteiger partial charge in [0.2, 0.25) is 0 Å². The molecule has 1 radical (unpaired) electrons. The Morgan fingerprint density at radius 1 is 0.929 bits per heavy atom. The summed E-state index contributed by atoms with van der Waals surface area (Å²) in [5.41, 5.74) is 0.868. The third-order valence-corrected chi connectivity index (χ3v) is 6.35. The molecular formula is C13H23Si. The van der Waals surface area contributed by atoms with Crippen LogP contribution in [0.1, 0.15) is 38.5 Å². The Balaban J connectivity index is 1.80. The van der Waals surface area contributed by atoms with E-state index in [0.717, 1.165) is 23.2 Å². The molecule has 0 aromatic heterocycles. The lowest BCUT2D eigenvalue weighted by Crippen LogP contribution is -2.46. The average molecular weight is 207 g/mol. The maximum absolute atomic E-state index is 2.52. The van der Waals surface area contributed by atoms with Gasteiger partial charge in [0, 0.05) is 8.80 Å². The van der Waals surface area contributed by atoms with Gasteiger partial charge in [-0.25, -0.2) is 0 Å². The molecule has 79 valence electrons. The zero-order valence-electron chi connectivity index (χ0n) is 9.68.